The van der Waals surface area contributed by atoms with Crippen molar-refractivity contribution in [1.29, 1.82) is 5.41 Å². The summed E-state index contributed by atoms with van der Waals surface area (Å²) in [4.78, 5) is 15.1. The van der Waals surface area contributed by atoms with Crippen LogP contribution in [0.25, 0.3) is 10.9 Å². The van der Waals surface area contributed by atoms with E-state index in [1.165, 1.54) is 10.9 Å². The maximum atomic E-state index is 11.7. The molecule has 0 saturated heterocycles. The predicted octanol–water partition coefficient (Wildman–Crippen LogP) is 2.73. The molecule has 0 radical (unpaired) electrons. The highest BCUT2D eigenvalue weighted by Gasteiger charge is 2.09. The minimum Gasteiger partial charge on any atom is -0.358 e. The summed E-state index contributed by atoms with van der Waals surface area (Å²) >= 11 is 0. The summed E-state index contributed by atoms with van der Waals surface area (Å²) in [5.74, 6) is -0.194. The average molecular weight is 269 g/mol. The Morgan fingerprint density at radius 1 is 1.40 bits per heavy atom. The van der Waals surface area contributed by atoms with E-state index in [1.54, 1.807) is 13.0 Å². The molecule has 20 heavy (non-hydrogen) atoms. The number of aromatic nitrogens is 1. The molecule has 4 nitrogen and oxygen atoms in total. The first-order valence-corrected chi connectivity index (χ1v) is 6.68. The topological polar surface area (TPSA) is 68.7 Å². The molecule has 0 bridgehead atoms. The molecule has 4 heteroatoms. The van der Waals surface area contributed by atoms with Gasteiger partial charge in [-0.2, -0.15) is 0 Å². The van der Waals surface area contributed by atoms with Gasteiger partial charge in [0.2, 0.25) is 0 Å². The molecule has 2 aromatic rings. The summed E-state index contributed by atoms with van der Waals surface area (Å²) in [5.41, 5.74) is 3.89. The lowest BCUT2D eigenvalue weighted by atomic mass is 10.1. The van der Waals surface area contributed by atoms with E-state index < -0.39 is 0 Å². The molecular weight excluding hydrogens is 250 g/mol. The largest absolute Gasteiger partial charge is 0.358 e. The Bertz CT molecular complexity index is 667. The van der Waals surface area contributed by atoms with Crippen LogP contribution in [0.2, 0.25) is 0 Å². The molecule has 0 aliphatic carbocycles. The maximum absolute atomic E-state index is 11.7. The number of H-pyrrole nitrogens is 1. The van der Waals surface area contributed by atoms with Crippen LogP contribution in [0.5, 0.6) is 0 Å². The first kappa shape index (κ1) is 14.1. The van der Waals surface area contributed by atoms with Crippen molar-refractivity contribution in [1.82, 2.24) is 10.3 Å². The van der Waals surface area contributed by atoms with Gasteiger partial charge in [-0.3, -0.25) is 4.79 Å². The Kier molecular flexibility index (Phi) is 4.35. The third-order valence-corrected chi connectivity index (χ3v) is 3.42. The van der Waals surface area contributed by atoms with E-state index in [-0.39, 0.29) is 5.91 Å². The van der Waals surface area contributed by atoms with Crippen LogP contribution in [-0.2, 0) is 11.2 Å². The summed E-state index contributed by atoms with van der Waals surface area (Å²) < 4.78 is 0. The first-order chi connectivity index (χ1) is 9.67. The van der Waals surface area contributed by atoms with E-state index in [0.717, 1.165) is 23.8 Å². The second kappa shape index (κ2) is 6.19. The zero-order valence-corrected chi connectivity index (χ0v) is 11.8. The second-order valence-electron chi connectivity index (χ2n) is 4.67. The van der Waals surface area contributed by atoms with Crippen LogP contribution in [0, 0.1) is 12.3 Å². The number of para-hydroxylation sites is 1. The van der Waals surface area contributed by atoms with Crippen molar-refractivity contribution < 1.29 is 4.79 Å². The number of hydrogen-bond acceptors (Lipinski definition) is 2. The van der Waals surface area contributed by atoms with Gasteiger partial charge in [0.15, 0.2) is 0 Å². The summed E-state index contributed by atoms with van der Waals surface area (Å²) in [7, 11) is 0. The molecule has 0 aliphatic heterocycles. The Morgan fingerprint density at radius 2 is 2.15 bits per heavy atom. The van der Waals surface area contributed by atoms with E-state index >= 15 is 0 Å². The van der Waals surface area contributed by atoms with Gasteiger partial charge in [-0.1, -0.05) is 24.3 Å². The monoisotopic (exact) mass is 269 g/mol. The maximum Gasteiger partial charge on any atom is 0.252 e. The van der Waals surface area contributed by atoms with Gasteiger partial charge in [0.25, 0.3) is 5.91 Å². The number of carbonyl (C=O) groups is 1. The molecule has 2 rings (SSSR count). The summed E-state index contributed by atoms with van der Waals surface area (Å²) in [6.45, 7) is 4.36. The lowest BCUT2D eigenvalue weighted by molar-refractivity contribution is -0.116. The molecule has 0 spiro atoms. The molecule has 1 heterocycles. The number of amides is 1. The van der Waals surface area contributed by atoms with Crippen molar-refractivity contribution in [3.63, 3.8) is 0 Å². The van der Waals surface area contributed by atoms with E-state index in [4.69, 9.17) is 5.41 Å². The van der Waals surface area contributed by atoms with Crippen LogP contribution in [-0.4, -0.2) is 23.7 Å². The van der Waals surface area contributed by atoms with Crippen molar-refractivity contribution in [3.05, 3.63) is 47.2 Å². The highest BCUT2D eigenvalue weighted by atomic mass is 16.1. The fourth-order valence-electron chi connectivity index (χ4n) is 2.34. The van der Waals surface area contributed by atoms with Crippen LogP contribution in [0.3, 0.4) is 0 Å². The van der Waals surface area contributed by atoms with Gasteiger partial charge in [0.1, 0.15) is 0 Å². The molecule has 0 aliphatic rings. The fourth-order valence-corrected chi connectivity index (χ4v) is 2.34. The zero-order chi connectivity index (χ0) is 14.5. The first-order valence-electron chi connectivity index (χ1n) is 6.68. The number of rotatable bonds is 5. The number of nitrogens with one attached hydrogen (secondary N) is 3. The number of allylic oxidation sites excluding steroid dienone is 1. The Labute approximate surface area is 118 Å². The highest BCUT2D eigenvalue weighted by Crippen LogP contribution is 2.21. The van der Waals surface area contributed by atoms with Gasteiger partial charge in [0.05, 0.1) is 5.57 Å². The molecule has 3 N–H and O–H groups in total. The molecule has 0 fully saturated rings. The quantitative estimate of drug-likeness (QED) is 0.567. The molecule has 1 aromatic heterocycles. The smallest absolute Gasteiger partial charge is 0.252 e. The standard InChI is InChI=1S/C16H19N3O/c1-3-12(10-17)16(20)18-9-8-13-11(2)19-15-7-5-4-6-14(13)15/h3-7,10,17,19H,8-9H2,1-2H3,(H,18,20)/b12-3+,17-10?. The number of aromatic amines is 1. The van der Waals surface area contributed by atoms with E-state index in [0.29, 0.717) is 12.1 Å². The van der Waals surface area contributed by atoms with Gasteiger partial charge in [-0.25, -0.2) is 0 Å². The lowest BCUT2D eigenvalue weighted by Gasteiger charge is -2.05. The van der Waals surface area contributed by atoms with E-state index in [2.05, 4.69) is 22.4 Å². The van der Waals surface area contributed by atoms with Crippen molar-refractivity contribution in [3.8, 4) is 0 Å². The van der Waals surface area contributed by atoms with Crippen LogP contribution < -0.4 is 5.32 Å². The Morgan fingerprint density at radius 3 is 2.85 bits per heavy atom. The van der Waals surface area contributed by atoms with Crippen LogP contribution >= 0.6 is 0 Å². The molecule has 1 aromatic carbocycles. The third-order valence-electron chi connectivity index (χ3n) is 3.42. The summed E-state index contributed by atoms with van der Waals surface area (Å²) in [6.07, 6.45) is 3.49. The van der Waals surface area contributed by atoms with Gasteiger partial charge in [-0.15, -0.1) is 0 Å². The van der Waals surface area contributed by atoms with E-state index in [1.807, 2.05) is 19.1 Å². The Hall–Kier alpha value is -2.36. The van der Waals surface area contributed by atoms with Gasteiger partial charge in [0, 0.05) is 29.4 Å². The third kappa shape index (κ3) is 2.79. The van der Waals surface area contributed by atoms with Crippen molar-refractivity contribution in [2.24, 2.45) is 0 Å². The summed E-state index contributed by atoms with van der Waals surface area (Å²) in [5, 5.41) is 11.2. The molecule has 0 saturated carbocycles. The SMILES string of the molecule is C/C=C(\C=N)C(=O)NCCc1c(C)[nH]c2ccccc12. The van der Waals surface area contributed by atoms with Crippen molar-refractivity contribution in [2.75, 3.05) is 6.54 Å². The minimum atomic E-state index is -0.194. The van der Waals surface area contributed by atoms with Gasteiger partial charge >= 0.3 is 0 Å². The molecule has 104 valence electrons. The van der Waals surface area contributed by atoms with Gasteiger partial charge in [-0.05, 0) is 31.9 Å². The number of fused-ring (bicyclic) bond motifs is 1. The fraction of sp³-hybridized carbons (Fsp3) is 0.250. The molecular formula is C16H19N3O. The minimum absolute atomic E-state index is 0.194. The normalized spacial score (nSPS) is 11.6. The molecule has 0 unspecified atom stereocenters. The molecule has 1 amide bonds. The number of benzene rings is 1. The molecule has 0 atom stereocenters. The van der Waals surface area contributed by atoms with E-state index in [9.17, 15) is 4.79 Å². The number of hydrogen-bond donors (Lipinski definition) is 3. The number of carbonyl (C=O) groups excluding carboxylic acids is 1. The highest BCUT2D eigenvalue weighted by molar-refractivity contribution is 6.11. The van der Waals surface area contributed by atoms with Gasteiger partial charge < -0.3 is 15.7 Å². The second-order valence-corrected chi connectivity index (χ2v) is 4.67. The predicted molar refractivity (Wildman–Crippen MR) is 82.3 cm³/mol. The van der Waals surface area contributed by atoms with Crippen LogP contribution in [0.15, 0.2) is 35.9 Å². The summed E-state index contributed by atoms with van der Waals surface area (Å²) in [6, 6.07) is 8.17. The van der Waals surface area contributed by atoms with Crippen LogP contribution in [0.4, 0.5) is 0 Å². The Balaban J connectivity index is 2.05. The van der Waals surface area contributed by atoms with Crippen molar-refractivity contribution in [2.45, 2.75) is 20.3 Å². The van der Waals surface area contributed by atoms with Crippen LogP contribution in [0.1, 0.15) is 18.2 Å². The average Bonchev–Trinajstić information content (AvgIpc) is 2.76. The zero-order valence-electron chi connectivity index (χ0n) is 11.8. The lowest BCUT2D eigenvalue weighted by Crippen LogP contribution is -2.27. The number of aryl methyl sites for hydroxylation is 1. The van der Waals surface area contributed by atoms with Crippen molar-refractivity contribution >= 4 is 23.0 Å².